The SMILES string of the molecule is COC(=O)C1=C(C)N=C2SC=C(CC(=O)NC3CCN(C)CC3)N2[C@@H]1c1cccc(F)c1. The highest BCUT2D eigenvalue weighted by Gasteiger charge is 2.41. The van der Waals surface area contributed by atoms with E-state index in [0.717, 1.165) is 31.6 Å². The number of esters is 1. The van der Waals surface area contributed by atoms with Crippen LogP contribution in [0, 0.1) is 5.82 Å². The maximum Gasteiger partial charge on any atom is 0.338 e. The third-order valence-corrected chi connectivity index (χ3v) is 6.88. The lowest BCUT2D eigenvalue weighted by Crippen LogP contribution is -2.44. The van der Waals surface area contributed by atoms with Crippen LogP contribution in [0.1, 0.15) is 37.8 Å². The number of nitrogens with zero attached hydrogens (tertiary/aromatic N) is 3. The van der Waals surface area contributed by atoms with Crippen molar-refractivity contribution in [3.8, 4) is 0 Å². The first-order valence-corrected chi connectivity index (χ1v) is 11.5. The van der Waals surface area contributed by atoms with Crippen LogP contribution in [0.25, 0.3) is 0 Å². The van der Waals surface area contributed by atoms with Crippen molar-refractivity contribution in [3.05, 3.63) is 58.0 Å². The number of hydrogen-bond donors (Lipinski definition) is 1. The Balaban J connectivity index is 1.60. The highest BCUT2D eigenvalue weighted by molar-refractivity contribution is 8.16. The summed E-state index contributed by atoms with van der Waals surface area (Å²) in [4.78, 5) is 34.2. The molecule has 1 N–H and O–H groups in total. The van der Waals surface area contributed by atoms with E-state index in [0.29, 0.717) is 22.0 Å². The predicted octanol–water partition coefficient (Wildman–Crippen LogP) is 3.17. The number of thioether (sulfide) groups is 1. The highest BCUT2D eigenvalue weighted by Crippen LogP contribution is 2.44. The lowest BCUT2D eigenvalue weighted by atomic mass is 9.93. The molecule has 0 unspecified atom stereocenters. The van der Waals surface area contributed by atoms with Gasteiger partial charge in [-0.05, 0) is 63.0 Å². The molecule has 0 saturated carbocycles. The minimum absolute atomic E-state index is 0.0726. The zero-order valence-corrected chi connectivity index (χ0v) is 19.2. The number of fused-ring (bicyclic) bond motifs is 1. The largest absolute Gasteiger partial charge is 0.466 e. The van der Waals surface area contributed by atoms with Crippen LogP contribution in [0.2, 0.25) is 0 Å². The average Bonchev–Trinajstić information content (AvgIpc) is 3.15. The van der Waals surface area contributed by atoms with Crippen LogP contribution in [-0.4, -0.2) is 60.1 Å². The lowest BCUT2D eigenvalue weighted by molar-refractivity contribution is -0.136. The number of carbonyl (C=O) groups excluding carboxylic acids is 2. The molecule has 4 rings (SSSR count). The summed E-state index contributed by atoms with van der Waals surface area (Å²) in [6, 6.07) is 5.69. The summed E-state index contributed by atoms with van der Waals surface area (Å²) in [6.07, 6.45) is 2.00. The van der Waals surface area contributed by atoms with E-state index in [4.69, 9.17) is 4.74 Å². The van der Waals surface area contributed by atoms with Crippen molar-refractivity contribution in [1.29, 1.82) is 0 Å². The number of hydrogen-bond acceptors (Lipinski definition) is 7. The summed E-state index contributed by atoms with van der Waals surface area (Å²) >= 11 is 1.40. The molecule has 1 aromatic carbocycles. The van der Waals surface area contributed by atoms with Crippen LogP contribution in [0.3, 0.4) is 0 Å². The van der Waals surface area contributed by atoms with Gasteiger partial charge in [-0.2, -0.15) is 0 Å². The van der Waals surface area contributed by atoms with Gasteiger partial charge in [-0.3, -0.25) is 4.79 Å². The van der Waals surface area contributed by atoms with Crippen molar-refractivity contribution < 1.29 is 18.7 Å². The molecule has 9 heteroatoms. The Labute approximate surface area is 191 Å². The number of halogens is 1. The maximum atomic E-state index is 14.1. The second kappa shape index (κ2) is 9.46. The van der Waals surface area contributed by atoms with Crippen molar-refractivity contribution in [2.24, 2.45) is 4.99 Å². The van der Waals surface area contributed by atoms with Crippen LogP contribution < -0.4 is 5.32 Å². The zero-order chi connectivity index (χ0) is 22.8. The van der Waals surface area contributed by atoms with Crippen LogP contribution in [0.4, 0.5) is 4.39 Å². The molecule has 7 nitrogen and oxygen atoms in total. The Kier molecular flexibility index (Phi) is 6.66. The summed E-state index contributed by atoms with van der Waals surface area (Å²) in [5.41, 5.74) is 2.19. The molecule has 1 saturated heterocycles. The van der Waals surface area contributed by atoms with Gasteiger partial charge in [0.25, 0.3) is 0 Å². The third-order valence-electron chi connectivity index (χ3n) is 6.00. The highest BCUT2D eigenvalue weighted by atomic mass is 32.2. The van der Waals surface area contributed by atoms with Crippen molar-refractivity contribution in [3.63, 3.8) is 0 Å². The number of piperidine rings is 1. The first kappa shape index (κ1) is 22.5. The van der Waals surface area contributed by atoms with E-state index in [2.05, 4.69) is 22.3 Å². The van der Waals surface area contributed by atoms with E-state index in [9.17, 15) is 14.0 Å². The van der Waals surface area contributed by atoms with Crippen molar-refractivity contribution >= 4 is 28.8 Å². The monoisotopic (exact) mass is 458 g/mol. The molecule has 0 spiro atoms. The number of nitrogens with one attached hydrogen (secondary N) is 1. The molecule has 1 aromatic rings. The number of ether oxygens (including phenoxy) is 1. The van der Waals surface area contributed by atoms with Gasteiger partial charge < -0.3 is 19.9 Å². The number of amides is 1. The molecule has 3 aliphatic heterocycles. The van der Waals surface area contributed by atoms with E-state index < -0.39 is 17.8 Å². The van der Waals surface area contributed by atoms with Gasteiger partial charge in [-0.25, -0.2) is 14.2 Å². The van der Waals surface area contributed by atoms with E-state index >= 15 is 0 Å². The number of allylic oxidation sites excluding steroid dienone is 1. The first-order valence-electron chi connectivity index (χ1n) is 10.6. The minimum atomic E-state index is -0.622. The Morgan fingerprint density at radius 2 is 2.06 bits per heavy atom. The van der Waals surface area contributed by atoms with Gasteiger partial charge in [0, 0.05) is 11.7 Å². The summed E-state index contributed by atoms with van der Waals surface area (Å²) in [7, 11) is 3.39. The number of carbonyl (C=O) groups is 2. The molecule has 32 heavy (non-hydrogen) atoms. The number of methoxy groups -OCH3 is 1. The van der Waals surface area contributed by atoms with Crippen LogP contribution in [0.15, 0.2) is 51.6 Å². The standard InChI is InChI=1S/C23H27FN4O3S/c1-14-20(22(30)31-3)21(15-5-4-6-16(24)11-15)28-18(13-32-23(28)25-14)12-19(29)26-17-7-9-27(2)10-8-17/h4-6,11,13,17,21H,7-10,12H2,1-3H3,(H,26,29)/t21-/m1/s1. The van der Waals surface area contributed by atoms with Crippen molar-refractivity contribution in [2.45, 2.75) is 38.3 Å². The maximum absolute atomic E-state index is 14.1. The van der Waals surface area contributed by atoms with Crippen LogP contribution in [0.5, 0.6) is 0 Å². The number of rotatable bonds is 5. The molecule has 3 aliphatic rings. The topological polar surface area (TPSA) is 74.2 Å². The lowest BCUT2D eigenvalue weighted by Gasteiger charge is -2.36. The Hall–Kier alpha value is -2.65. The smallest absolute Gasteiger partial charge is 0.338 e. The molecule has 1 amide bonds. The predicted molar refractivity (Wildman–Crippen MR) is 122 cm³/mol. The van der Waals surface area contributed by atoms with E-state index in [1.807, 2.05) is 10.3 Å². The fourth-order valence-corrected chi connectivity index (χ4v) is 5.29. The third kappa shape index (κ3) is 4.59. The second-order valence-electron chi connectivity index (χ2n) is 8.26. The van der Waals surface area contributed by atoms with Gasteiger partial charge in [0.15, 0.2) is 5.17 Å². The molecule has 0 aromatic heterocycles. The number of aliphatic imine (C=N–C) groups is 1. The van der Waals surface area contributed by atoms with Gasteiger partial charge in [0.05, 0.1) is 30.8 Å². The van der Waals surface area contributed by atoms with Crippen LogP contribution >= 0.6 is 11.8 Å². The number of benzene rings is 1. The normalized spacial score (nSPS) is 21.8. The molecule has 0 bridgehead atoms. The van der Waals surface area contributed by atoms with Gasteiger partial charge in [-0.1, -0.05) is 23.9 Å². The molecule has 0 radical (unpaired) electrons. The summed E-state index contributed by atoms with van der Waals surface area (Å²) in [5.74, 6) is -0.992. The van der Waals surface area contributed by atoms with E-state index in [1.165, 1.54) is 31.0 Å². The Morgan fingerprint density at radius 1 is 1.31 bits per heavy atom. The summed E-state index contributed by atoms with van der Waals surface area (Å²) in [5, 5.41) is 5.67. The molecule has 1 fully saturated rings. The quantitative estimate of drug-likeness (QED) is 0.684. The number of amidine groups is 1. The second-order valence-corrected chi connectivity index (χ2v) is 9.10. The van der Waals surface area contributed by atoms with E-state index in [1.54, 1.807) is 19.1 Å². The van der Waals surface area contributed by atoms with Gasteiger partial charge >= 0.3 is 5.97 Å². The van der Waals surface area contributed by atoms with Gasteiger partial charge in [0.2, 0.25) is 5.91 Å². The van der Waals surface area contributed by atoms with Gasteiger partial charge in [0.1, 0.15) is 5.82 Å². The Bertz CT molecular complexity index is 1010. The average molecular weight is 459 g/mol. The fraction of sp³-hybridized carbons (Fsp3) is 0.435. The van der Waals surface area contributed by atoms with E-state index in [-0.39, 0.29) is 18.4 Å². The minimum Gasteiger partial charge on any atom is -0.466 e. The summed E-state index contributed by atoms with van der Waals surface area (Å²) < 4.78 is 19.1. The number of likely N-dealkylation sites (tertiary alicyclic amines) is 1. The molecule has 3 heterocycles. The molecular weight excluding hydrogens is 431 g/mol. The first-order chi connectivity index (χ1) is 15.4. The Morgan fingerprint density at radius 3 is 2.75 bits per heavy atom. The summed E-state index contributed by atoms with van der Waals surface area (Å²) in [6.45, 7) is 3.66. The zero-order valence-electron chi connectivity index (χ0n) is 18.4. The fourth-order valence-electron chi connectivity index (χ4n) is 4.33. The van der Waals surface area contributed by atoms with Crippen LogP contribution in [-0.2, 0) is 14.3 Å². The molecule has 0 aliphatic carbocycles. The molecule has 170 valence electrons. The van der Waals surface area contributed by atoms with Gasteiger partial charge in [-0.15, -0.1) is 0 Å². The van der Waals surface area contributed by atoms with Crippen molar-refractivity contribution in [2.75, 3.05) is 27.2 Å². The molecular formula is C23H27FN4O3S. The molecule has 1 atom stereocenters. The van der Waals surface area contributed by atoms with Crippen molar-refractivity contribution in [1.82, 2.24) is 15.1 Å².